The molecule has 0 saturated heterocycles. The maximum Gasteiger partial charge on any atom is 0.131 e. The Morgan fingerprint density at radius 3 is 0.826 bits per heavy atom. The van der Waals surface area contributed by atoms with E-state index < -0.39 is 5.41 Å². The smallest absolute Gasteiger partial charge is 0.131 e. The molecule has 0 aliphatic rings. The number of aromatic hydroxyl groups is 2. The van der Waals surface area contributed by atoms with Gasteiger partial charge in [0.05, 0.1) is 0 Å². The minimum absolute atomic E-state index is 0.247. The topological polar surface area (TPSA) is 40.5 Å². The fraction of sp³-hybridized carbons (Fsp3) is 0.0455. The van der Waals surface area contributed by atoms with Crippen LogP contribution in [-0.2, 0) is 5.41 Å². The molecule has 0 aliphatic heterocycles. The van der Waals surface area contributed by atoms with Gasteiger partial charge in [0, 0.05) is 27.7 Å². The number of rotatable bonds is 7. The van der Waals surface area contributed by atoms with E-state index in [4.69, 9.17) is 0 Å². The van der Waals surface area contributed by atoms with Crippen molar-refractivity contribution in [3.05, 3.63) is 193 Å². The molecule has 0 unspecified atom stereocenters. The van der Waals surface area contributed by atoms with E-state index in [1.54, 1.807) is 0 Å². The Bertz CT molecular complexity index is 1830. The molecule has 7 aromatic rings. The Labute approximate surface area is 270 Å². The summed E-state index contributed by atoms with van der Waals surface area (Å²) in [6.07, 6.45) is 0. The number of hydrogen-bond donors (Lipinski definition) is 2. The molecule has 222 valence electrons. The third-order valence-electron chi connectivity index (χ3n) is 9.06. The highest BCUT2D eigenvalue weighted by atomic mass is 16.3. The Kier molecular flexibility index (Phi) is 7.70. The summed E-state index contributed by atoms with van der Waals surface area (Å²) in [7, 11) is 0. The molecular weight excluding hydrogens is 560 g/mol. The first-order valence-corrected chi connectivity index (χ1v) is 15.6. The lowest BCUT2D eigenvalue weighted by atomic mass is 9.69. The summed E-state index contributed by atoms with van der Waals surface area (Å²) in [5.41, 5.74) is 9.31. The summed E-state index contributed by atoms with van der Waals surface area (Å²) in [5.74, 6) is 0.495. The third kappa shape index (κ3) is 5.25. The van der Waals surface area contributed by atoms with Gasteiger partial charge in [0.2, 0.25) is 0 Å². The molecule has 0 bridgehead atoms. The fourth-order valence-corrected chi connectivity index (χ4v) is 6.47. The van der Waals surface area contributed by atoms with Crippen LogP contribution < -0.4 is 0 Å². The molecule has 0 saturated carbocycles. The Morgan fingerprint density at radius 1 is 0.326 bits per heavy atom. The predicted molar refractivity (Wildman–Crippen MR) is 190 cm³/mol. The lowest BCUT2D eigenvalue weighted by molar-refractivity contribution is 0.478. The van der Waals surface area contributed by atoms with Gasteiger partial charge in [0.15, 0.2) is 0 Å². The molecule has 46 heavy (non-hydrogen) atoms. The highest BCUT2D eigenvalue weighted by Crippen LogP contribution is 2.49. The number of hydrogen-bond acceptors (Lipinski definition) is 2. The molecule has 0 atom stereocenters. The maximum absolute atomic E-state index is 11.8. The Balaban J connectivity index is 1.58. The van der Waals surface area contributed by atoms with Crippen LogP contribution in [0.25, 0.3) is 44.5 Å². The molecule has 0 spiro atoms. The number of benzene rings is 7. The van der Waals surface area contributed by atoms with E-state index >= 15 is 0 Å². The van der Waals surface area contributed by atoms with Gasteiger partial charge < -0.3 is 10.2 Å². The second kappa shape index (κ2) is 12.3. The minimum Gasteiger partial charge on any atom is -0.507 e. The zero-order valence-corrected chi connectivity index (χ0v) is 25.6. The molecular formula is C44H34O2. The van der Waals surface area contributed by atoms with Gasteiger partial charge in [-0.3, -0.25) is 0 Å². The van der Waals surface area contributed by atoms with Crippen molar-refractivity contribution in [3.63, 3.8) is 0 Å². The van der Waals surface area contributed by atoms with Gasteiger partial charge in [0.1, 0.15) is 11.5 Å². The van der Waals surface area contributed by atoms with Gasteiger partial charge in [-0.25, -0.2) is 0 Å². The molecule has 0 heterocycles. The van der Waals surface area contributed by atoms with Crippen molar-refractivity contribution in [2.45, 2.75) is 12.3 Å². The summed E-state index contributed by atoms with van der Waals surface area (Å²) in [6.45, 7) is 2.24. The molecule has 2 nitrogen and oxygen atoms in total. The van der Waals surface area contributed by atoms with Crippen LogP contribution in [0.5, 0.6) is 11.5 Å². The van der Waals surface area contributed by atoms with Crippen LogP contribution in [0.2, 0.25) is 0 Å². The van der Waals surface area contributed by atoms with Crippen LogP contribution in [-0.4, -0.2) is 10.2 Å². The van der Waals surface area contributed by atoms with Crippen molar-refractivity contribution < 1.29 is 10.2 Å². The summed E-state index contributed by atoms with van der Waals surface area (Å²) >= 11 is 0. The normalized spacial score (nSPS) is 11.3. The largest absolute Gasteiger partial charge is 0.507 e. The lowest BCUT2D eigenvalue weighted by Gasteiger charge is -2.34. The van der Waals surface area contributed by atoms with Crippen LogP contribution in [0, 0.1) is 0 Å². The quantitative estimate of drug-likeness (QED) is 0.180. The molecule has 0 amide bonds. The molecule has 0 aromatic heterocycles. The first-order chi connectivity index (χ1) is 22.5. The summed E-state index contributed by atoms with van der Waals surface area (Å²) in [4.78, 5) is 0. The SMILES string of the molecule is CC(c1ccccc1)(c1cc(-c2ccccc2)c(O)c(-c2ccccc2)c1)c1cc(-c2ccccc2)c(O)c(-c2ccccc2)c1. The summed E-state index contributed by atoms with van der Waals surface area (Å²) < 4.78 is 0. The average Bonchev–Trinajstić information content (AvgIpc) is 3.13. The van der Waals surface area contributed by atoms with Crippen molar-refractivity contribution >= 4 is 0 Å². The van der Waals surface area contributed by atoms with E-state index in [9.17, 15) is 10.2 Å². The second-order valence-corrected chi connectivity index (χ2v) is 11.8. The molecule has 0 fully saturated rings. The van der Waals surface area contributed by atoms with Crippen LogP contribution in [0.3, 0.4) is 0 Å². The number of phenols is 2. The standard InChI is InChI=1S/C44H34O2/c1-44(35-25-15-6-16-26-35,36-27-38(31-17-7-2-8-18-31)42(45)39(28-36)32-19-9-3-10-20-32)37-29-40(33-21-11-4-12-22-33)43(46)41(30-37)34-23-13-5-14-24-34/h2-30,45-46H,1H3. The molecule has 2 N–H and O–H groups in total. The van der Waals surface area contributed by atoms with Crippen LogP contribution in [0.1, 0.15) is 23.6 Å². The molecule has 0 radical (unpaired) electrons. The molecule has 0 aliphatic carbocycles. The highest BCUT2D eigenvalue weighted by Gasteiger charge is 2.34. The third-order valence-corrected chi connectivity index (χ3v) is 9.06. The van der Waals surface area contributed by atoms with Crippen molar-refractivity contribution in [2.75, 3.05) is 0 Å². The van der Waals surface area contributed by atoms with Crippen molar-refractivity contribution in [1.82, 2.24) is 0 Å². The monoisotopic (exact) mass is 594 g/mol. The van der Waals surface area contributed by atoms with Crippen molar-refractivity contribution in [3.8, 4) is 56.0 Å². The van der Waals surface area contributed by atoms with Gasteiger partial charge in [-0.05, 0) is 70.1 Å². The average molecular weight is 595 g/mol. The van der Waals surface area contributed by atoms with E-state index in [-0.39, 0.29) is 11.5 Å². The van der Waals surface area contributed by atoms with Crippen LogP contribution >= 0.6 is 0 Å². The van der Waals surface area contributed by atoms with Crippen molar-refractivity contribution in [2.24, 2.45) is 0 Å². The molecule has 7 aromatic carbocycles. The van der Waals surface area contributed by atoms with Crippen molar-refractivity contribution in [1.29, 1.82) is 0 Å². The fourth-order valence-electron chi connectivity index (χ4n) is 6.47. The molecule has 7 rings (SSSR count). The van der Waals surface area contributed by atoms with E-state index in [0.29, 0.717) is 0 Å². The second-order valence-electron chi connectivity index (χ2n) is 11.8. The van der Waals surface area contributed by atoms with Gasteiger partial charge in [-0.2, -0.15) is 0 Å². The van der Waals surface area contributed by atoms with E-state index in [1.165, 1.54) is 0 Å². The van der Waals surface area contributed by atoms with Gasteiger partial charge in [-0.1, -0.05) is 152 Å². The van der Waals surface area contributed by atoms with E-state index in [0.717, 1.165) is 61.2 Å². The van der Waals surface area contributed by atoms with Gasteiger partial charge >= 0.3 is 0 Å². The summed E-state index contributed by atoms with van der Waals surface area (Å²) in [6, 6.07) is 59.2. The molecule has 2 heteroatoms. The van der Waals surface area contributed by atoms with Crippen LogP contribution in [0.15, 0.2) is 176 Å². The predicted octanol–water partition coefficient (Wildman–Crippen LogP) is 11.1. The van der Waals surface area contributed by atoms with Crippen LogP contribution in [0.4, 0.5) is 0 Å². The maximum atomic E-state index is 11.8. The number of phenolic OH excluding ortho intramolecular Hbond substituents is 2. The Morgan fingerprint density at radius 2 is 0.565 bits per heavy atom. The highest BCUT2D eigenvalue weighted by molar-refractivity contribution is 5.86. The van der Waals surface area contributed by atoms with Gasteiger partial charge in [-0.15, -0.1) is 0 Å². The summed E-state index contributed by atoms with van der Waals surface area (Å²) in [5, 5.41) is 23.6. The zero-order chi connectivity index (χ0) is 31.5. The van der Waals surface area contributed by atoms with Gasteiger partial charge in [0.25, 0.3) is 0 Å². The first kappa shape index (κ1) is 28.9. The minimum atomic E-state index is -0.678. The van der Waals surface area contributed by atoms with E-state index in [2.05, 4.69) is 55.5 Å². The lowest BCUT2D eigenvalue weighted by Crippen LogP contribution is -2.26. The zero-order valence-electron chi connectivity index (χ0n) is 25.6. The first-order valence-electron chi connectivity index (χ1n) is 15.6. The van der Waals surface area contributed by atoms with E-state index in [1.807, 2.05) is 127 Å². The Hall–Kier alpha value is -5.86.